The van der Waals surface area contributed by atoms with E-state index in [1.54, 1.807) is 7.11 Å². The Morgan fingerprint density at radius 2 is 1.30 bits per heavy atom. The molecule has 1 aromatic heterocycles. The van der Waals surface area contributed by atoms with Gasteiger partial charge in [0.15, 0.2) is 0 Å². The molecule has 37 heavy (non-hydrogen) atoms. The summed E-state index contributed by atoms with van der Waals surface area (Å²) in [6.45, 7) is 10.8. The smallest absolute Gasteiger partial charge is 0.141 e. The number of piperazine rings is 1. The number of hydrogen-bond acceptors (Lipinski definition) is 4. The van der Waals surface area contributed by atoms with E-state index >= 15 is 0 Å². The van der Waals surface area contributed by atoms with Crippen molar-refractivity contribution in [2.45, 2.75) is 32.9 Å². The molecule has 1 aliphatic heterocycles. The van der Waals surface area contributed by atoms with Gasteiger partial charge in [-0.05, 0) is 36.1 Å². The van der Waals surface area contributed by atoms with Gasteiger partial charge in [-0.15, -0.1) is 0 Å². The average molecular weight is 495 g/mol. The molecule has 5 rings (SSSR count). The lowest BCUT2D eigenvalue weighted by Gasteiger charge is -2.43. The molecular weight excluding hydrogens is 456 g/mol. The molecule has 0 radical (unpaired) electrons. The Bertz CT molecular complexity index is 1240. The molecule has 1 N–H and O–H groups in total. The van der Waals surface area contributed by atoms with Crippen LogP contribution in [0.3, 0.4) is 0 Å². The number of H-pyrrole nitrogens is 1. The van der Waals surface area contributed by atoms with E-state index in [1.165, 1.54) is 11.1 Å². The Kier molecular flexibility index (Phi) is 7.73. The summed E-state index contributed by atoms with van der Waals surface area (Å²) in [6.07, 6.45) is 0. The number of benzene rings is 3. The van der Waals surface area contributed by atoms with Gasteiger partial charge < -0.3 is 9.72 Å². The number of aromatic amines is 1. The number of ether oxygens (including phenoxy) is 1. The fraction of sp³-hybridized carbons (Fsp3) is 0.344. The van der Waals surface area contributed by atoms with E-state index in [0.717, 1.165) is 54.7 Å². The van der Waals surface area contributed by atoms with Gasteiger partial charge in [-0.25, -0.2) is 4.98 Å². The number of nitrogens with zero attached hydrogens (tertiary/aromatic N) is 3. The molecule has 3 aromatic carbocycles. The third kappa shape index (κ3) is 5.34. The Morgan fingerprint density at radius 1 is 0.757 bits per heavy atom. The summed E-state index contributed by atoms with van der Waals surface area (Å²) >= 11 is 0. The van der Waals surface area contributed by atoms with E-state index < -0.39 is 0 Å². The quantitative estimate of drug-likeness (QED) is 0.304. The van der Waals surface area contributed by atoms with E-state index in [0.29, 0.717) is 5.92 Å². The first-order valence-electron chi connectivity index (χ1n) is 13.3. The van der Waals surface area contributed by atoms with Crippen molar-refractivity contribution in [1.29, 1.82) is 0 Å². The predicted octanol–water partition coefficient (Wildman–Crippen LogP) is 6.50. The maximum Gasteiger partial charge on any atom is 0.141 e. The number of aromatic nitrogens is 2. The zero-order valence-electron chi connectivity index (χ0n) is 22.4. The van der Waals surface area contributed by atoms with Gasteiger partial charge in [-0.2, -0.15) is 0 Å². The Hall–Kier alpha value is -3.41. The van der Waals surface area contributed by atoms with Gasteiger partial charge in [0.1, 0.15) is 11.6 Å². The van der Waals surface area contributed by atoms with Gasteiger partial charge in [-0.3, -0.25) is 9.80 Å². The highest BCUT2D eigenvalue weighted by Crippen LogP contribution is 2.36. The fourth-order valence-corrected chi connectivity index (χ4v) is 5.80. The lowest BCUT2D eigenvalue weighted by molar-refractivity contribution is 0.0599. The largest absolute Gasteiger partial charge is 0.496 e. The first kappa shape index (κ1) is 25.2. The zero-order valence-corrected chi connectivity index (χ0v) is 22.4. The fourth-order valence-electron chi connectivity index (χ4n) is 5.80. The van der Waals surface area contributed by atoms with Crippen LogP contribution in [0.2, 0.25) is 0 Å². The molecule has 0 saturated carbocycles. The second kappa shape index (κ2) is 11.3. The van der Waals surface area contributed by atoms with Crippen molar-refractivity contribution in [3.8, 4) is 17.1 Å². The molecule has 1 aliphatic rings. The number of aryl methyl sites for hydroxylation is 1. The van der Waals surface area contributed by atoms with E-state index in [-0.39, 0.29) is 12.1 Å². The highest BCUT2D eigenvalue weighted by atomic mass is 16.5. The molecule has 1 fully saturated rings. The number of imidazole rings is 1. The molecule has 5 heteroatoms. The van der Waals surface area contributed by atoms with Crippen LogP contribution in [0.1, 0.15) is 48.4 Å². The second-order valence-electron chi connectivity index (χ2n) is 10.3. The first-order valence-corrected chi connectivity index (χ1v) is 13.3. The third-order valence-electron chi connectivity index (χ3n) is 7.53. The molecule has 5 nitrogen and oxygen atoms in total. The first-order chi connectivity index (χ1) is 18.1. The number of hydrogen-bond donors (Lipinski definition) is 1. The van der Waals surface area contributed by atoms with Gasteiger partial charge in [0, 0.05) is 31.9 Å². The maximum absolute atomic E-state index is 5.60. The summed E-state index contributed by atoms with van der Waals surface area (Å²) in [6, 6.07) is 30.4. The Balaban J connectivity index is 1.38. The van der Waals surface area contributed by atoms with Crippen LogP contribution in [0.15, 0.2) is 84.9 Å². The number of methoxy groups -OCH3 is 1. The van der Waals surface area contributed by atoms with Gasteiger partial charge in [0.25, 0.3) is 0 Å². The van der Waals surface area contributed by atoms with Crippen molar-refractivity contribution in [3.05, 3.63) is 107 Å². The molecule has 192 valence electrons. The van der Waals surface area contributed by atoms with Gasteiger partial charge in [0.05, 0.1) is 30.5 Å². The molecule has 0 spiro atoms. The maximum atomic E-state index is 5.60. The highest BCUT2D eigenvalue weighted by molar-refractivity contribution is 5.64. The average Bonchev–Trinajstić information content (AvgIpc) is 3.31. The monoisotopic (exact) mass is 494 g/mol. The van der Waals surface area contributed by atoms with Crippen molar-refractivity contribution < 1.29 is 4.74 Å². The molecule has 1 saturated heterocycles. The molecular formula is C32H38N4O. The van der Waals surface area contributed by atoms with E-state index in [4.69, 9.17) is 9.72 Å². The summed E-state index contributed by atoms with van der Waals surface area (Å²) < 4.78 is 5.60. The number of rotatable bonds is 8. The lowest BCUT2D eigenvalue weighted by atomic mass is 9.94. The minimum atomic E-state index is 0.258. The van der Waals surface area contributed by atoms with Crippen LogP contribution in [0.4, 0.5) is 0 Å². The Labute approximate surface area is 221 Å². The normalized spacial score (nSPS) is 15.8. The topological polar surface area (TPSA) is 44.4 Å². The molecule has 1 unspecified atom stereocenters. The minimum absolute atomic E-state index is 0.258. The molecule has 4 aromatic rings. The summed E-state index contributed by atoms with van der Waals surface area (Å²) in [5.41, 5.74) is 5.99. The van der Waals surface area contributed by atoms with Crippen molar-refractivity contribution >= 4 is 0 Å². The SMILES string of the molecule is COc1ccccc1-c1nc(C(C(C)C)N2CCN(C(c3ccccc3)c3ccccc3)CC2)c(C)[nH]1. The predicted molar refractivity (Wildman–Crippen MR) is 151 cm³/mol. The zero-order chi connectivity index (χ0) is 25.8. The number of para-hydroxylation sites is 1. The van der Waals surface area contributed by atoms with E-state index in [2.05, 4.69) is 102 Å². The van der Waals surface area contributed by atoms with Gasteiger partial charge in [-0.1, -0.05) is 86.6 Å². The van der Waals surface area contributed by atoms with Crippen molar-refractivity contribution in [3.63, 3.8) is 0 Å². The van der Waals surface area contributed by atoms with Gasteiger partial charge >= 0.3 is 0 Å². The second-order valence-corrected chi connectivity index (χ2v) is 10.3. The van der Waals surface area contributed by atoms with Crippen LogP contribution in [0.5, 0.6) is 5.75 Å². The molecule has 0 aliphatic carbocycles. The summed E-state index contributed by atoms with van der Waals surface area (Å²) in [4.78, 5) is 14.0. The van der Waals surface area contributed by atoms with Crippen LogP contribution in [-0.4, -0.2) is 53.1 Å². The summed E-state index contributed by atoms with van der Waals surface area (Å²) in [5, 5.41) is 0. The van der Waals surface area contributed by atoms with Crippen molar-refractivity contribution in [1.82, 2.24) is 19.8 Å². The van der Waals surface area contributed by atoms with E-state index in [9.17, 15) is 0 Å². The van der Waals surface area contributed by atoms with Crippen LogP contribution in [0, 0.1) is 12.8 Å². The third-order valence-corrected chi connectivity index (χ3v) is 7.53. The van der Waals surface area contributed by atoms with Crippen molar-refractivity contribution in [2.75, 3.05) is 33.3 Å². The van der Waals surface area contributed by atoms with Gasteiger partial charge in [0.2, 0.25) is 0 Å². The summed E-state index contributed by atoms with van der Waals surface area (Å²) in [7, 11) is 1.71. The van der Waals surface area contributed by atoms with Crippen LogP contribution in [-0.2, 0) is 0 Å². The standard InChI is InChI=1S/C32H38N4O/c1-23(2)30(29-24(3)33-32(34-29)27-17-11-12-18-28(27)37-4)35-19-21-36(22-20-35)31(25-13-7-5-8-14-25)26-15-9-6-10-16-26/h5-18,23,30-31H,19-22H2,1-4H3,(H,33,34). The lowest BCUT2D eigenvalue weighted by Crippen LogP contribution is -2.50. The molecule has 0 amide bonds. The summed E-state index contributed by atoms with van der Waals surface area (Å²) in [5.74, 6) is 2.16. The Morgan fingerprint density at radius 3 is 1.86 bits per heavy atom. The highest BCUT2D eigenvalue weighted by Gasteiger charge is 2.33. The number of nitrogens with one attached hydrogen (secondary N) is 1. The van der Waals surface area contributed by atoms with Crippen LogP contribution >= 0.6 is 0 Å². The van der Waals surface area contributed by atoms with Crippen LogP contribution in [0.25, 0.3) is 11.4 Å². The minimum Gasteiger partial charge on any atom is -0.496 e. The van der Waals surface area contributed by atoms with Crippen molar-refractivity contribution in [2.24, 2.45) is 5.92 Å². The molecule has 0 bridgehead atoms. The van der Waals surface area contributed by atoms with Crippen LogP contribution < -0.4 is 4.74 Å². The molecule has 1 atom stereocenters. The van der Waals surface area contributed by atoms with E-state index in [1.807, 2.05) is 18.2 Å². The molecule has 2 heterocycles.